The first kappa shape index (κ1) is 15.4. The molecule has 0 spiro atoms. The van der Waals surface area contributed by atoms with E-state index in [2.05, 4.69) is 48.2 Å². The van der Waals surface area contributed by atoms with Gasteiger partial charge in [0.25, 0.3) is 0 Å². The fraction of sp³-hybridized carbons (Fsp3) is 0.381. The van der Waals surface area contributed by atoms with Crippen LogP contribution >= 0.6 is 0 Å². The molecule has 2 aromatic rings. The van der Waals surface area contributed by atoms with Crippen molar-refractivity contribution in [1.82, 2.24) is 9.80 Å². The van der Waals surface area contributed by atoms with Crippen molar-refractivity contribution in [3.05, 3.63) is 70.8 Å². The molecule has 0 aromatic heterocycles. The van der Waals surface area contributed by atoms with E-state index in [0.717, 1.165) is 38.2 Å². The van der Waals surface area contributed by atoms with Gasteiger partial charge in [0.15, 0.2) is 0 Å². The third-order valence-corrected chi connectivity index (χ3v) is 5.33. The molecule has 24 heavy (non-hydrogen) atoms. The molecule has 2 aliphatic rings. The Kier molecular flexibility index (Phi) is 4.11. The van der Waals surface area contributed by atoms with Crippen LogP contribution in [0, 0.1) is 6.92 Å². The summed E-state index contributed by atoms with van der Waals surface area (Å²) in [6.45, 7) is 5.98. The van der Waals surface area contributed by atoms with Gasteiger partial charge in [-0.1, -0.05) is 54.1 Å². The molecule has 4 rings (SSSR count). The first-order chi connectivity index (χ1) is 11.7. The van der Waals surface area contributed by atoms with E-state index in [1.54, 1.807) is 0 Å². The molecule has 1 saturated heterocycles. The van der Waals surface area contributed by atoms with Crippen molar-refractivity contribution in [1.29, 1.82) is 0 Å². The molecule has 0 saturated carbocycles. The molecule has 0 radical (unpaired) electrons. The summed E-state index contributed by atoms with van der Waals surface area (Å²) in [5.74, 6) is 0.259. The summed E-state index contributed by atoms with van der Waals surface area (Å²) in [4.78, 5) is 17.0. The number of rotatable bonds is 3. The second kappa shape index (κ2) is 6.40. The van der Waals surface area contributed by atoms with Gasteiger partial charge < -0.3 is 4.90 Å². The van der Waals surface area contributed by atoms with Crippen molar-refractivity contribution in [3.63, 3.8) is 0 Å². The molecule has 2 aromatic carbocycles. The van der Waals surface area contributed by atoms with Crippen LogP contribution in [0.15, 0.2) is 48.5 Å². The van der Waals surface area contributed by atoms with Crippen LogP contribution in [-0.4, -0.2) is 41.4 Å². The fourth-order valence-corrected chi connectivity index (χ4v) is 3.83. The molecule has 1 amide bonds. The Hall–Kier alpha value is -2.13. The molecule has 2 heterocycles. The number of carbonyl (C=O) groups is 1. The van der Waals surface area contributed by atoms with E-state index in [9.17, 15) is 4.79 Å². The van der Waals surface area contributed by atoms with Crippen molar-refractivity contribution in [2.45, 2.75) is 32.4 Å². The third kappa shape index (κ3) is 3.09. The number of hydrogen-bond donors (Lipinski definition) is 0. The minimum atomic E-state index is 0.259. The SMILES string of the molecule is Cc1cccc(CC(=O)N2CC(N3CCc4ccccc4C3)C2)c1. The predicted molar refractivity (Wildman–Crippen MR) is 95.8 cm³/mol. The second-order valence-corrected chi connectivity index (χ2v) is 7.11. The Morgan fingerprint density at radius 1 is 1.08 bits per heavy atom. The Labute approximate surface area is 143 Å². The van der Waals surface area contributed by atoms with Crippen molar-refractivity contribution in [2.24, 2.45) is 0 Å². The molecule has 3 heteroatoms. The number of benzene rings is 2. The highest BCUT2D eigenvalue weighted by Crippen LogP contribution is 2.24. The summed E-state index contributed by atoms with van der Waals surface area (Å²) < 4.78 is 0. The largest absolute Gasteiger partial charge is 0.339 e. The summed E-state index contributed by atoms with van der Waals surface area (Å²) in [7, 11) is 0. The lowest BCUT2D eigenvalue weighted by Crippen LogP contribution is -2.61. The zero-order chi connectivity index (χ0) is 16.5. The highest BCUT2D eigenvalue weighted by Gasteiger charge is 2.35. The van der Waals surface area contributed by atoms with Crippen LogP contribution in [0.5, 0.6) is 0 Å². The van der Waals surface area contributed by atoms with Crippen molar-refractivity contribution >= 4 is 5.91 Å². The van der Waals surface area contributed by atoms with Gasteiger partial charge in [-0.25, -0.2) is 0 Å². The van der Waals surface area contributed by atoms with Gasteiger partial charge in [0.2, 0.25) is 5.91 Å². The molecule has 0 aliphatic carbocycles. The summed E-state index contributed by atoms with van der Waals surface area (Å²) in [6, 6.07) is 17.5. The monoisotopic (exact) mass is 320 g/mol. The van der Waals surface area contributed by atoms with E-state index >= 15 is 0 Å². The number of likely N-dealkylation sites (tertiary alicyclic amines) is 1. The predicted octanol–water partition coefficient (Wildman–Crippen LogP) is 2.81. The normalized spacial score (nSPS) is 18.1. The maximum atomic E-state index is 12.4. The standard InChI is InChI=1S/C21H24N2O/c1-16-5-4-6-17(11-16)12-21(24)23-14-20(15-23)22-10-9-18-7-2-3-8-19(18)13-22/h2-8,11,20H,9-10,12-15H2,1H3. The molecule has 0 atom stereocenters. The van der Waals surface area contributed by atoms with Crippen molar-refractivity contribution < 1.29 is 4.79 Å². The molecule has 0 unspecified atom stereocenters. The molecule has 0 N–H and O–H groups in total. The Bertz CT molecular complexity index is 749. The van der Waals surface area contributed by atoms with E-state index in [1.807, 2.05) is 17.0 Å². The third-order valence-electron chi connectivity index (χ3n) is 5.33. The van der Waals surface area contributed by atoms with E-state index < -0.39 is 0 Å². The van der Waals surface area contributed by atoms with Gasteiger partial charge in [0, 0.05) is 32.2 Å². The summed E-state index contributed by atoms with van der Waals surface area (Å²) in [5.41, 5.74) is 5.28. The van der Waals surface area contributed by atoms with Crippen LogP contribution in [-0.2, 0) is 24.2 Å². The van der Waals surface area contributed by atoms with Crippen LogP contribution in [0.2, 0.25) is 0 Å². The first-order valence-corrected chi connectivity index (χ1v) is 8.83. The topological polar surface area (TPSA) is 23.6 Å². The number of hydrogen-bond acceptors (Lipinski definition) is 2. The number of nitrogens with zero attached hydrogens (tertiary/aromatic N) is 2. The molecule has 2 aliphatic heterocycles. The number of amides is 1. The van der Waals surface area contributed by atoms with Crippen LogP contribution in [0.1, 0.15) is 22.3 Å². The van der Waals surface area contributed by atoms with Gasteiger partial charge in [-0.15, -0.1) is 0 Å². The number of aryl methyl sites for hydroxylation is 1. The van der Waals surface area contributed by atoms with E-state index in [-0.39, 0.29) is 5.91 Å². The minimum Gasteiger partial charge on any atom is -0.339 e. The van der Waals surface area contributed by atoms with Gasteiger partial charge in [-0.2, -0.15) is 0 Å². The lowest BCUT2D eigenvalue weighted by atomic mass is 9.96. The maximum Gasteiger partial charge on any atom is 0.227 e. The quantitative estimate of drug-likeness (QED) is 0.868. The summed E-state index contributed by atoms with van der Waals surface area (Å²) in [5, 5.41) is 0. The van der Waals surface area contributed by atoms with Crippen LogP contribution in [0.3, 0.4) is 0 Å². The molecule has 1 fully saturated rings. The minimum absolute atomic E-state index is 0.259. The number of fused-ring (bicyclic) bond motifs is 1. The van der Waals surface area contributed by atoms with E-state index in [4.69, 9.17) is 0 Å². The lowest BCUT2D eigenvalue weighted by Gasteiger charge is -2.47. The van der Waals surface area contributed by atoms with Gasteiger partial charge in [0.05, 0.1) is 6.42 Å². The van der Waals surface area contributed by atoms with Crippen molar-refractivity contribution in [2.75, 3.05) is 19.6 Å². The van der Waals surface area contributed by atoms with E-state index in [0.29, 0.717) is 12.5 Å². The summed E-state index contributed by atoms with van der Waals surface area (Å²) >= 11 is 0. The number of carbonyl (C=O) groups excluding carboxylic acids is 1. The Balaban J connectivity index is 1.31. The maximum absolute atomic E-state index is 12.4. The van der Waals surface area contributed by atoms with Crippen molar-refractivity contribution in [3.8, 4) is 0 Å². The molecular weight excluding hydrogens is 296 g/mol. The van der Waals surface area contributed by atoms with E-state index in [1.165, 1.54) is 16.7 Å². The highest BCUT2D eigenvalue weighted by molar-refractivity contribution is 5.79. The highest BCUT2D eigenvalue weighted by atomic mass is 16.2. The first-order valence-electron chi connectivity index (χ1n) is 8.83. The van der Waals surface area contributed by atoms with Crippen LogP contribution < -0.4 is 0 Å². The zero-order valence-corrected chi connectivity index (χ0v) is 14.2. The van der Waals surface area contributed by atoms with Crippen LogP contribution in [0.4, 0.5) is 0 Å². The van der Waals surface area contributed by atoms with Gasteiger partial charge in [-0.05, 0) is 30.0 Å². The Morgan fingerprint density at radius 2 is 1.88 bits per heavy atom. The molecule has 3 nitrogen and oxygen atoms in total. The fourth-order valence-electron chi connectivity index (χ4n) is 3.83. The van der Waals surface area contributed by atoms with Gasteiger partial charge in [-0.3, -0.25) is 9.69 Å². The Morgan fingerprint density at radius 3 is 2.67 bits per heavy atom. The van der Waals surface area contributed by atoms with Crippen LogP contribution in [0.25, 0.3) is 0 Å². The lowest BCUT2D eigenvalue weighted by molar-refractivity contribution is -0.138. The average Bonchev–Trinajstić information content (AvgIpc) is 2.53. The smallest absolute Gasteiger partial charge is 0.227 e. The van der Waals surface area contributed by atoms with Gasteiger partial charge >= 0.3 is 0 Å². The second-order valence-electron chi connectivity index (χ2n) is 7.11. The zero-order valence-electron chi connectivity index (χ0n) is 14.2. The molecule has 124 valence electrons. The molecular formula is C21H24N2O. The molecule has 0 bridgehead atoms. The average molecular weight is 320 g/mol. The van der Waals surface area contributed by atoms with Gasteiger partial charge in [0.1, 0.15) is 0 Å². The summed E-state index contributed by atoms with van der Waals surface area (Å²) in [6.07, 6.45) is 1.65.